The second-order valence-corrected chi connectivity index (χ2v) is 6.85. The first kappa shape index (κ1) is 15.8. The average Bonchev–Trinajstić information content (AvgIpc) is 2.46. The van der Waals surface area contributed by atoms with Gasteiger partial charge in [0.25, 0.3) is 5.56 Å². The highest BCUT2D eigenvalue weighted by Crippen LogP contribution is 2.42. The number of esters is 1. The maximum atomic E-state index is 12.8. The van der Waals surface area contributed by atoms with Gasteiger partial charge in [-0.05, 0) is 51.5 Å². The van der Waals surface area contributed by atoms with Crippen LogP contribution in [0.2, 0.25) is 0 Å². The first-order valence-corrected chi connectivity index (χ1v) is 8.15. The third-order valence-corrected chi connectivity index (χ3v) is 4.82. The molecule has 1 aliphatic heterocycles. The molecule has 0 aromatic carbocycles. The highest BCUT2D eigenvalue weighted by Gasteiger charge is 2.38. The summed E-state index contributed by atoms with van der Waals surface area (Å²) >= 11 is 0. The minimum Gasteiger partial charge on any atom is -0.462 e. The number of anilines is 1. The zero-order chi connectivity index (χ0) is 16.8. The summed E-state index contributed by atoms with van der Waals surface area (Å²) in [5.74, 6) is 0.503. The van der Waals surface area contributed by atoms with E-state index in [0.717, 1.165) is 19.3 Å². The Morgan fingerprint density at radius 3 is 2.96 bits per heavy atom. The number of allylic oxidation sites excluding steroid dienone is 2. The van der Waals surface area contributed by atoms with Crippen molar-refractivity contribution >= 4 is 11.9 Å². The van der Waals surface area contributed by atoms with Crippen LogP contribution in [0.15, 0.2) is 22.3 Å². The summed E-state index contributed by atoms with van der Waals surface area (Å²) in [6.45, 7) is 8.21. The number of rotatable bonds is 2. The summed E-state index contributed by atoms with van der Waals surface area (Å²) in [5.41, 5.74) is 1.54. The molecule has 1 aromatic rings. The van der Waals surface area contributed by atoms with E-state index in [1.54, 1.807) is 11.5 Å². The Morgan fingerprint density at radius 1 is 1.52 bits per heavy atom. The van der Waals surface area contributed by atoms with Crippen molar-refractivity contribution in [2.75, 3.05) is 11.9 Å². The molecular weight excluding hydrogens is 294 g/mol. The fraction of sp³-hybridized carbons (Fsp3) is 0.588. The predicted molar refractivity (Wildman–Crippen MR) is 87.4 cm³/mol. The summed E-state index contributed by atoms with van der Waals surface area (Å²) < 4.78 is 6.56. The summed E-state index contributed by atoms with van der Waals surface area (Å²) in [5, 5.41) is 3.30. The molecule has 1 atom stereocenters. The van der Waals surface area contributed by atoms with Crippen LogP contribution in [0.25, 0.3) is 0 Å². The van der Waals surface area contributed by atoms with Crippen LogP contribution >= 0.6 is 0 Å². The number of fused-ring (bicyclic) bond motifs is 1. The van der Waals surface area contributed by atoms with Gasteiger partial charge in [0.2, 0.25) is 5.95 Å². The number of carbonyl (C=O) groups excluding carboxylic acids is 1. The van der Waals surface area contributed by atoms with Crippen LogP contribution in [0.5, 0.6) is 0 Å². The molecule has 2 heterocycles. The quantitative estimate of drug-likeness (QED) is 0.849. The lowest BCUT2D eigenvalue weighted by Crippen LogP contribution is -2.46. The normalized spacial score (nSPS) is 22.0. The molecule has 0 saturated heterocycles. The molecule has 0 fully saturated rings. The Kier molecular flexibility index (Phi) is 3.78. The average molecular weight is 317 g/mol. The molecule has 6 heteroatoms. The van der Waals surface area contributed by atoms with E-state index in [9.17, 15) is 9.59 Å². The minimum atomic E-state index is -0.617. The molecule has 1 aliphatic carbocycles. The number of nitrogens with one attached hydrogen (secondary N) is 1. The van der Waals surface area contributed by atoms with Gasteiger partial charge in [-0.1, -0.05) is 6.92 Å². The molecule has 0 bridgehead atoms. The van der Waals surface area contributed by atoms with Crippen LogP contribution in [0, 0.1) is 5.92 Å². The largest absolute Gasteiger partial charge is 0.462 e. The highest BCUT2D eigenvalue weighted by atomic mass is 16.5. The standard InChI is InChI=1S/C17H23N3O3/c1-5-23-15(22)11-9-18-16-19-13-8-10(2)6-7-12(13)17(3,4)20(16)14(11)21/h9-10H,5-8H2,1-4H3,(H,18,19)/t10-/m1/s1. The van der Waals surface area contributed by atoms with Gasteiger partial charge in [-0.15, -0.1) is 0 Å². The van der Waals surface area contributed by atoms with Gasteiger partial charge in [-0.25, -0.2) is 9.78 Å². The number of nitrogens with zero attached hydrogens (tertiary/aromatic N) is 2. The molecule has 6 nitrogen and oxygen atoms in total. The Balaban J connectivity index is 2.12. The van der Waals surface area contributed by atoms with Crippen molar-refractivity contribution in [3.63, 3.8) is 0 Å². The van der Waals surface area contributed by atoms with Crippen molar-refractivity contribution in [3.05, 3.63) is 33.4 Å². The van der Waals surface area contributed by atoms with Crippen molar-refractivity contribution in [2.45, 2.75) is 52.5 Å². The van der Waals surface area contributed by atoms with Gasteiger partial charge in [-0.3, -0.25) is 9.36 Å². The van der Waals surface area contributed by atoms with Gasteiger partial charge in [0, 0.05) is 5.70 Å². The molecule has 0 saturated carbocycles. The molecule has 1 N–H and O–H groups in total. The minimum absolute atomic E-state index is 0.0151. The van der Waals surface area contributed by atoms with Crippen molar-refractivity contribution in [3.8, 4) is 0 Å². The van der Waals surface area contributed by atoms with Gasteiger partial charge in [0.1, 0.15) is 5.56 Å². The maximum Gasteiger partial charge on any atom is 0.345 e. The van der Waals surface area contributed by atoms with Gasteiger partial charge < -0.3 is 10.1 Å². The molecule has 1 aromatic heterocycles. The lowest BCUT2D eigenvalue weighted by molar-refractivity contribution is 0.0522. The second-order valence-electron chi connectivity index (χ2n) is 6.85. The van der Waals surface area contributed by atoms with Gasteiger partial charge in [-0.2, -0.15) is 0 Å². The summed E-state index contributed by atoms with van der Waals surface area (Å²) in [6.07, 6.45) is 4.34. The third kappa shape index (κ3) is 2.46. The van der Waals surface area contributed by atoms with Crippen LogP contribution in [0.4, 0.5) is 5.95 Å². The van der Waals surface area contributed by atoms with E-state index in [1.807, 2.05) is 13.8 Å². The van der Waals surface area contributed by atoms with E-state index in [4.69, 9.17) is 4.74 Å². The molecule has 0 amide bonds. The third-order valence-electron chi connectivity index (χ3n) is 4.82. The number of hydrogen-bond donors (Lipinski definition) is 1. The molecule has 3 rings (SSSR count). The molecule has 23 heavy (non-hydrogen) atoms. The number of carbonyl (C=O) groups is 1. The van der Waals surface area contributed by atoms with E-state index in [-0.39, 0.29) is 17.7 Å². The van der Waals surface area contributed by atoms with Crippen LogP contribution < -0.4 is 10.9 Å². The molecular formula is C17H23N3O3. The SMILES string of the molecule is CCOC(=O)c1cnc2n(c1=O)C(C)(C)C1=C(C[C@H](C)CC1)N2. The summed E-state index contributed by atoms with van der Waals surface area (Å²) in [7, 11) is 0. The lowest BCUT2D eigenvalue weighted by atomic mass is 9.78. The molecule has 0 unspecified atom stereocenters. The molecule has 0 radical (unpaired) electrons. The smallest absolute Gasteiger partial charge is 0.345 e. The summed E-state index contributed by atoms with van der Waals surface area (Å²) in [4.78, 5) is 29.1. The van der Waals surface area contributed by atoms with Gasteiger partial charge in [0.05, 0.1) is 18.3 Å². The van der Waals surface area contributed by atoms with Gasteiger partial charge >= 0.3 is 5.97 Å². The van der Waals surface area contributed by atoms with Crippen molar-refractivity contribution < 1.29 is 9.53 Å². The fourth-order valence-corrected chi connectivity index (χ4v) is 3.60. The van der Waals surface area contributed by atoms with E-state index in [0.29, 0.717) is 11.9 Å². The lowest BCUT2D eigenvalue weighted by Gasteiger charge is -2.41. The van der Waals surface area contributed by atoms with Crippen LogP contribution in [0.1, 0.15) is 57.3 Å². The first-order valence-electron chi connectivity index (χ1n) is 8.15. The van der Waals surface area contributed by atoms with Crippen molar-refractivity contribution in [1.29, 1.82) is 0 Å². The van der Waals surface area contributed by atoms with E-state index in [2.05, 4.69) is 17.2 Å². The van der Waals surface area contributed by atoms with Crippen molar-refractivity contribution in [2.24, 2.45) is 5.92 Å². The maximum absolute atomic E-state index is 12.8. The number of aromatic nitrogens is 2. The summed E-state index contributed by atoms with van der Waals surface area (Å²) in [6, 6.07) is 0. The molecule has 124 valence electrons. The van der Waals surface area contributed by atoms with Crippen LogP contribution in [-0.4, -0.2) is 22.1 Å². The fourth-order valence-electron chi connectivity index (χ4n) is 3.60. The van der Waals surface area contributed by atoms with Gasteiger partial charge in [0.15, 0.2) is 0 Å². The van der Waals surface area contributed by atoms with Crippen LogP contribution in [0.3, 0.4) is 0 Å². The van der Waals surface area contributed by atoms with E-state index >= 15 is 0 Å². The first-order chi connectivity index (χ1) is 10.9. The topological polar surface area (TPSA) is 73.2 Å². The Hall–Kier alpha value is -2.11. The Bertz CT molecular complexity index is 746. The van der Waals surface area contributed by atoms with Crippen LogP contribution in [-0.2, 0) is 10.3 Å². The van der Waals surface area contributed by atoms with Crippen molar-refractivity contribution in [1.82, 2.24) is 9.55 Å². The van der Waals surface area contributed by atoms with E-state index < -0.39 is 11.5 Å². The molecule has 2 aliphatic rings. The predicted octanol–water partition coefficient (Wildman–Crippen LogP) is 2.65. The Morgan fingerprint density at radius 2 is 2.26 bits per heavy atom. The molecule has 0 spiro atoms. The zero-order valence-corrected chi connectivity index (χ0v) is 14.1. The number of hydrogen-bond acceptors (Lipinski definition) is 5. The monoisotopic (exact) mass is 317 g/mol. The number of ether oxygens (including phenoxy) is 1. The zero-order valence-electron chi connectivity index (χ0n) is 14.1. The Labute approximate surface area is 135 Å². The highest BCUT2D eigenvalue weighted by molar-refractivity contribution is 5.88. The van der Waals surface area contributed by atoms with E-state index in [1.165, 1.54) is 17.5 Å². The second kappa shape index (κ2) is 5.51.